The predicted octanol–water partition coefficient (Wildman–Crippen LogP) is 0.0186. The number of rotatable bonds is 5. The molecule has 0 aliphatic carbocycles. The third-order valence-corrected chi connectivity index (χ3v) is 3.40. The third-order valence-electron chi connectivity index (χ3n) is 2.35. The number of carbonyl (C=O) groups is 1. The first-order chi connectivity index (χ1) is 8.36. The Labute approximate surface area is 106 Å². The van der Waals surface area contributed by atoms with Crippen LogP contribution in [-0.4, -0.2) is 34.6 Å². The summed E-state index contributed by atoms with van der Waals surface area (Å²) in [6, 6.07) is 4.37. The van der Waals surface area contributed by atoms with E-state index in [0.29, 0.717) is 18.7 Å². The van der Waals surface area contributed by atoms with Crippen LogP contribution >= 0.6 is 0 Å². The number of aryl methyl sites for hydroxylation is 1. The number of ether oxygens (including phenoxy) is 1. The van der Waals surface area contributed by atoms with E-state index in [9.17, 15) is 13.2 Å². The van der Waals surface area contributed by atoms with Crippen molar-refractivity contribution in [3.05, 3.63) is 29.3 Å². The molecule has 1 amide bonds. The number of hydrogen-bond donors (Lipinski definition) is 2. The maximum absolute atomic E-state index is 11.7. The zero-order valence-electron chi connectivity index (χ0n) is 10.3. The summed E-state index contributed by atoms with van der Waals surface area (Å²) in [5.41, 5.74) is 0.756. The molecule has 0 aliphatic rings. The third kappa shape index (κ3) is 3.80. The molecule has 18 heavy (non-hydrogen) atoms. The zero-order chi connectivity index (χ0) is 13.8. The zero-order valence-corrected chi connectivity index (χ0v) is 11.1. The molecule has 0 unspecified atom stereocenters. The highest BCUT2D eigenvalue weighted by Crippen LogP contribution is 2.15. The molecule has 0 spiro atoms. The molecule has 100 valence electrons. The molecule has 0 aliphatic heterocycles. The van der Waals surface area contributed by atoms with Gasteiger partial charge in [0.05, 0.1) is 11.5 Å². The van der Waals surface area contributed by atoms with E-state index >= 15 is 0 Å². The van der Waals surface area contributed by atoms with Gasteiger partial charge in [0.15, 0.2) is 0 Å². The highest BCUT2D eigenvalue weighted by molar-refractivity contribution is 7.89. The molecule has 0 radical (unpaired) electrons. The number of methoxy groups -OCH3 is 1. The van der Waals surface area contributed by atoms with Crippen molar-refractivity contribution in [1.29, 1.82) is 0 Å². The quantitative estimate of drug-likeness (QED) is 0.738. The van der Waals surface area contributed by atoms with Gasteiger partial charge >= 0.3 is 0 Å². The molecule has 1 rings (SSSR count). The van der Waals surface area contributed by atoms with E-state index in [1.54, 1.807) is 19.1 Å². The van der Waals surface area contributed by atoms with E-state index in [0.717, 1.165) is 0 Å². The lowest BCUT2D eigenvalue weighted by Crippen LogP contribution is -2.27. The number of nitrogens with one attached hydrogen (secondary N) is 1. The molecule has 3 N–H and O–H groups in total. The molecule has 1 aromatic carbocycles. The summed E-state index contributed by atoms with van der Waals surface area (Å²) in [5.74, 6) is -0.364. The van der Waals surface area contributed by atoms with Crippen LogP contribution in [0.2, 0.25) is 0 Å². The van der Waals surface area contributed by atoms with Crippen LogP contribution in [0.4, 0.5) is 0 Å². The largest absolute Gasteiger partial charge is 0.383 e. The smallest absolute Gasteiger partial charge is 0.251 e. The lowest BCUT2D eigenvalue weighted by Gasteiger charge is -2.08. The summed E-state index contributed by atoms with van der Waals surface area (Å²) >= 11 is 0. The molecule has 0 saturated carbocycles. The molecule has 7 heteroatoms. The van der Waals surface area contributed by atoms with E-state index in [-0.39, 0.29) is 16.4 Å². The van der Waals surface area contributed by atoms with Crippen LogP contribution in [0.3, 0.4) is 0 Å². The van der Waals surface area contributed by atoms with Crippen molar-refractivity contribution in [3.8, 4) is 0 Å². The van der Waals surface area contributed by atoms with E-state index in [4.69, 9.17) is 9.88 Å². The average molecular weight is 272 g/mol. The van der Waals surface area contributed by atoms with Gasteiger partial charge in [-0.3, -0.25) is 4.79 Å². The van der Waals surface area contributed by atoms with Gasteiger partial charge in [0.2, 0.25) is 10.0 Å². The van der Waals surface area contributed by atoms with Crippen LogP contribution in [0, 0.1) is 6.92 Å². The second-order valence-corrected chi connectivity index (χ2v) is 5.30. The molecule has 0 fully saturated rings. The van der Waals surface area contributed by atoms with Gasteiger partial charge in [-0.15, -0.1) is 0 Å². The van der Waals surface area contributed by atoms with Gasteiger partial charge in [-0.1, -0.05) is 6.07 Å². The van der Waals surface area contributed by atoms with Gasteiger partial charge in [-0.05, 0) is 24.6 Å². The minimum atomic E-state index is -3.82. The van der Waals surface area contributed by atoms with E-state index in [1.165, 1.54) is 13.2 Å². The lowest BCUT2D eigenvalue weighted by molar-refractivity contribution is 0.0937. The fourth-order valence-corrected chi connectivity index (χ4v) is 2.22. The fourth-order valence-electron chi connectivity index (χ4n) is 1.42. The number of nitrogens with two attached hydrogens (primary N) is 1. The standard InChI is InChI=1S/C11H16N2O4S/c1-8-3-4-9(7-10(8)18(12,15)16)11(14)13-5-6-17-2/h3-4,7H,5-6H2,1-2H3,(H,13,14)(H2,12,15,16). The lowest BCUT2D eigenvalue weighted by atomic mass is 10.1. The van der Waals surface area contributed by atoms with Crippen molar-refractivity contribution in [3.63, 3.8) is 0 Å². The number of hydrogen-bond acceptors (Lipinski definition) is 4. The Kier molecular flexibility index (Phi) is 4.83. The van der Waals surface area contributed by atoms with Crippen LogP contribution in [0.5, 0.6) is 0 Å². The van der Waals surface area contributed by atoms with Crippen LogP contribution in [0.1, 0.15) is 15.9 Å². The van der Waals surface area contributed by atoms with Gasteiger partial charge in [0.25, 0.3) is 5.91 Å². The minimum Gasteiger partial charge on any atom is -0.383 e. The molecule has 6 nitrogen and oxygen atoms in total. The number of primary sulfonamides is 1. The van der Waals surface area contributed by atoms with Crippen molar-refractivity contribution >= 4 is 15.9 Å². The summed E-state index contributed by atoms with van der Waals surface area (Å²) in [6.07, 6.45) is 0. The fraction of sp³-hybridized carbons (Fsp3) is 0.364. The van der Waals surface area contributed by atoms with Crippen molar-refractivity contribution in [2.75, 3.05) is 20.3 Å². The average Bonchev–Trinajstić information content (AvgIpc) is 2.28. The number of benzene rings is 1. The second-order valence-electron chi connectivity index (χ2n) is 3.77. The monoisotopic (exact) mass is 272 g/mol. The molecule has 0 bridgehead atoms. The number of amides is 1. The van der Waals surface area contributed by atoms with E-state index in [2.05, 4.69) is 5.32 Å². The number of sulfonamides is 1. The van der Waals surface area contributed by atoms with E-state index < -0.39 is 10.0 Å². The first kappa shape index (κ1) is 14.6. The Balaban J connectivity index is 2.95. The van der Waals surface area contributed by atoms with Gasteiger partial charge < -0.3 is 10.1 Å². The van der Waals surface area contributed by atoms with E-state index in [1.807, 2.05) is 0 Å². The first-order valence-corrected chi connectivity index (χ1v) is 6.81. The normalized spacial score (nSPS) is 11.3. The van der Waals surface area contributed by atoms with Crippen molar-refractivity contribution in [2.24, 2.45) is 5.14 Å². The molecular formula is C11H16N2O4S. The molecular weight excluding hydrogens is 256 g/mol. The SMILES string of the molecule is COCCNC(=O)c1ccc(C)c(S(N)(=O)=O)c1. The van der Waals surface area contributed by atoms with Crippen LogP contribution < -0.4 is 10.5 Å². The predicted molar refractivity (Wildman–Crippen MR) is 66.8 cm³/mol. The highest BCUT2D eigenvalue weighted by Gasteiger charge is 2.14. The van der Waals surface area contributed by atoms with Crippen LogP contribution in [0.25, 0.3) is 0 Å². The second kappa shape index (κ2) is 5.94. The van der Waals surface area contributed by atoms with Gasteiger partial charge in [-0.25, -0.2) is 13.6 Å². The number of carbonyl (C=O) groups excluding carboxylic acids is 1. The maximum atomic E-state index is 11.7. The Morgan fingerprint density at radius 3 is 2.67 bits per heavy atom. The molecule has 0 aromatic heterocycles. The summed E-state index contributed by atoms with van der Waals surface area (Å²) in [4.78, 5) is 11.7. The van der Waals surface area contributed by atoms with Gasteiger partial charge in [-0.2, -0.15) is 0 Å². The minimum absolute atomic E-state index is 0.0399. The van der Waals surface area contributed by atoms with Crippen LogP contribution in [-0.2, 0) is 14.8 Å². The first-order valence-electron chi connectivity index (χ1n) is 5.27. The molecule has 0 atom stereocenters. The molecule has 0 saturated heterocycles. The Morgan fingerprint density at radius 2 is 2.11 bits per heavy atom. The highest BCUT2D eigenvalue weighted by atomic mass is 32.2. The maximum Gasteiger partial charge on any atom is 0.251 e. The van der Waals surface area contributed by atoms with Crippen molar-refractivity contribution < 1.29 is 17.9 Å². The summed E-state index contributed by atoms with van der Waals surface area (Å²) < 4.78 is 27.4. The van der Waals surface area contributed by atoms with Crippen LogP contribution in [0.15, 0.2) is 23.1 Å². The van der Waals surface area contributed by atoms with Crippen molar-refractivity contribution in [1.82, 2.24) is 5.32 Å². The Hall–Kier alpha value is -1.44. The Morgan fingerprint density at radius 1 is 1.44 bits per heavy atom. The topological polar surface area (TPSA) is 98.5 Å². The molecule has 0 heterocycles. The summed E-state index contributed by atoms with van der Waals surface area (Å²) in [5, 5.41) is 7.67. The molecule has 1 aromatic rings. The Bertz CT molecular complexity index is 540. The summed E-state index contributed by atoms with van der Waals surface area (Å²) in [6.45, 7) is 2.36. The van der Waals surface area contributed by atoms with Crippen molar-refractivity contribution in [2.45, 2.75) is 11.8 Å². The van der Waals surface area contributed by atoms with Gasteiger partial charge in [0, 0.05) is 19.2 Å². The summed E-state index contributed by atoms with van der Waals surface area (Å²) in [7, 11) is -2.29. The van der Waals surface area contributed by atoms with Gasteiger partial charge in [0.1, 0.15) is 0 Å².